The summed E-state index contributed by atoms with van der Waals surface area (Å²) in [4.78, 5) is 0. The van der Waals surface area contributed by atoms with Crippen molar-refractivity contribution in [2.45, 2.75) is 47.1 Å². The Kier molecular flexibility index (Phi) is 4.13. The van der Waals surface area contributed by atoms with Gasteiger partial charge in [0.05, 0.1) is 0 Å². The van der Waals surface area contributed by atoms with Crippen LogP contribution in [0.15, 0.2) is 12.3 Å². The van der Waals surface area contributed by atoms with Crippen molar-refractivity contribution in [3.05, 3.63) is 23.5 Å². The van der Waals surface area contributed by atoms with Crippen LogP contribution in [0.2, 0.25) is 0 Å². The Bertz CT molecular complexity index is 336. The van der Waals surface area contributed by atoms with Gasteiger partial charge in [-0.2, -0.15) is 0 Å². The summed E-state index contributed by atoms with van der Waals surface area (Å²) in [6.07, 6.45) is 4.57. The van der Waals surface area contributed by atoms with Crippen molar-refractivity contribution in [1.29, 1.82) is 5.41 Å². The molecule has 1 unspecified atom stereocenters. The van der Waals surface area contributed by atoms with E-state index in [1.165, 1.54) is 18.5 Å². The maximum absolute atomic E-state index is 7.63. The van der Waals surface area contributed by atoms with Crippen molar-refractivity contribution in [2.75, 3.05) is 0 Å². The van der Waals surface area contributed by atoms with E-state index in [2.05, 4.69) is 31.5 Å². The Labute approximate surface area is 92.8 Å². The standard InChI is InChI=1S/C13H22N2/c1-5-10(2)6-8-15-9-7-13(11(3)14)12(15)4/h7,9-10,14H,5-6,8H2,1-4H3. The average molecular weight is 206 g/mol. The molecule has 0 aliphatic heterocycles. The lowest BCUT2D eigenvalue weighted by Gasteiger charge is -2.11. The molecule has 0 aliphatic rings. The molecule has 2 heteroatoms. The summed E-state index contributed by atoms with van der Waals surface area (Å²) in [7, 11) is 0. The van der Waals surface area contributed by atoms with E-state index in [4.69, 9.17) is 5.41 Å². The molecule has 0 saturated carbocycles. The molecule has 0 aromatic carbocycles. The van der Waals surface area contributed by atoms with Crippen LogP contribution in [0.25, 0.3) is 0 Å². The first kappa shape index (κ1) is 12.0. The first-order valence-corrected chi connectivity index (χ1v) is 5.77. The lowest BCUT2D eigenvalue weighted by molar-refractivity contribution is 0.466. The first-order valence-electron chi connectivity index (χ1n) is 5.77. The number of hydrogen-bond donors (Lipinski definition) is 1. The van der Waals surface area contributed by atoms with E-state index < -0.39 is 0 Å². The third-order valence-corrected chi connectivity index (χ3v) is 3.21. The molecule has 0 bridgehead atoms. The van der Waals surface area contributed by atoms with Crippen molar-refractivity contribution in [1.82, 2.24) is 4.57 Å². The third kappa shape index (κ3) is 2.95. The van der Waals surface area contributed by atoms with Crippen LogP contribution in [0.3, 0.4) is 0 Å². The third-order valence-electron chi connectivity index (χ3n) is 3.21. The normalized spacial score (nSPS) is 12.8. The summed E-state index contributed by atoms with van der Waals surface area (Å²) >= 11 is 0. The van der Waals surface area contributed by atoms with Crippen LogP contribution in [-0.2, 0) is 6.54 Å². The summed E-state index contributed by atoms with van der Waals surface area (Å²) in [5.41, 5.74) is 2.97. The van der Waals surface area contributed by atoms with E-state index in [1.54, 1.807) is 0 Å². The van der Waals surface area contributed by atoms with E-state index >= 15 is 0 Å². The van der Waals surface area contributed by atoms with Crippen molar-refractivity contribution in [3.63, 3.8) is 0 Å². The van der Waals surface area contributed by atoms with Crippen LogP contribution in [0.5, 0.6) is 0 Å². The van der Waals surface area contributed by atoms with E-state index in [9.17, 15) is 0 Å². The zero-order valence-corrected chi connectivity index (χ0v) is 10.3. The highest BCUT2D eigenvalue weighted by Gasteiger charge is 2.06. The summed E-state index contributed by atoms with van der Waals surface area (Å²) < 4.78 is 2.26. The molecule has 1 N–H and O–H groups in total. The molecule has 1 aromatic rings. The predicted molar refractivity (Wildman–Crippen MR) is 65.7 cm³/mol. The van der Waals surface area contributed by atoms with Crippen LogP contribution in [0.4, 0.5) is 0 Å². The quantitative estimate of drug-likeness (QED) is 0.713. The second-order valence-corrected chi connectivity index (χ2v) is 4.44. The summed E-state index contributed by atoms with van der Waals surface area (Å²) in [6, 6.07) is 2.05. The molecule has 0 spiro atoms. The van der Waals surface area contributed by atoms with Crippen LogP contribution in [0.1, 0.15) is 44.9 Å². The molecule has 15 heavy (non-hydrogen) atoms. The fourth-order valence-electron chi connectivity index (χ4n) is 1.75. The maximum atomic E-state index is 7.63. The van der Waals surface area contributed by atoms with Crippen LogP contribution < -0.4 is 0 Å². The molecule has 1 rings (SSSR count). The summed E-state index contributed by atoms with van der Waals surface area (Å²) in [5.74, 6) is 0.788. The number of nitrogens with zero attached hydrogens (tertiary/aromatic N) is 1. The molecule has 84 valence electrons. The Balaban J connectivity index is 2.67. The number of aromatic nitrogens is 1. The van der Waals surface area contributed by atoms with Gasteiger partial charge in [-0.25, -0.2) is 0 Å². The SMILES string of the molecule is CCC(C)CCn1ccc(C(C)=N)c1C. The van der Waals surface area contributed by atoms with Gasteiger partial charge in [-0.15, -0.1) is 0 Å². The van der Waals surface area contributed by atoms with Crippen molar-refractivity contribution >= 4 is 5.71 Å². The van der Waals surface area contributed by atoms with Crippen molar-refractivity contribution < 1.29 is 0 Å². The molecule has 0 saturated heterocycles. The first-order chi connectivity index (χ1) is 7.06. The van der Waals surface area contributed by atoms with Gasteiger partial charge in [0.2, 0.25) is 0 Å². The molecule has 1 atom stereocenters. The molecule has 0 aliphatic carbocycles. The molecule has 0 fully saturated rings. The highest BCUT2D eigenvalue weighted by atomic mass is 15.0. The number of rotatable bonds is 5. The summed E-state index contributed by atoms with van der Waals surface area (Å²) in [5, 5.41) is 7.63. The molecule has 0 radical (unpaired) electrons. The van der Waals surface area contributed by atoms with Gasteiger partial charge in [-0.3, -0.25) is 0 Å². The Morgan fingerprint density at radius 1 is 1.53 bits per heavy atom. The van der Waals surface area contributed by atoms with Crippen LogP contribution in [-0.4, -0.2) is 10.3 Å². The Morgan fingerprint density at radius 2 is 2.20 bits per heavy atom. The lowest BCUT2D eigenvalue weighted by Crippen LogP contribution is -2.05. The summed E-state index contributed by atoms with van der Waals surface area (Å²) in [6.45, 7) is 9.56. The lowest BCUT2D eigenvalue weighted by atomic mass is 10.1. The van der Waals surface area contributed by atoms with Gasteiger partial charge in [-0.05, 0) is 32.3 Å². The average Bonchev–Trinajstić information content (AvgIpc) is 2.56. The maximum Gasteiger partial charge on any atom is 0.0373 e. The smallest absolute Gasteiger partial charge is 0.0373 e. The van der Waals surface area contributed by atoms with Gasteiger partial charge < -0.3 is 9.98 Å². The zero-order valence-electron chi connectivity index (χ0n) is 10.3. The van der Waals surface area contributed by atoms with Gasteiger partial charge in [0.1, 0.15) is 0 Å². The fraction of sp³-hybridized carbons (Fsp3) is 0.615. The van der Waals surface area contributed by atoms with Gasteiger partial charge in [0.25, 0.3) is 0 Å². The van der Waals surface area contributed by atoms with E-state index in [1.807, 2.05) is 13.0 Å². The largest absolute Gasteiger partial charge is 0.351 e. The minimum atomic E-state index is 0.662. The minimum Gasteiger partial charge on any atom is -0.351 e. The number of hydrogen-bond acceptors (Lipinski definition) is 1. The van der Waals surface area contributed by atoms with Crippen LogP contribution in [0, 0.1) is 18.3 Å². The Hall–Kier alpha value is -1.05. The van der Waals surface area contributed by atoms with Crippen molar-refractivity contribution in [2.24, 2.45) is 5.92 Å². The monoisotopic (exact) mass is 206 g/mol. The van der Waals surface area contributed by atoms with Crippen molar-refractivity contribution in [3.8, 4) is 0 Å². The molecular weight excluding hydrogens is 184 g/mol. The van der Waals surface area contributed by atoms with Gasteiger partial charge in [0.15, 0.2) is 0 Å². The molecule has 2 nitrogen and oxygen atoms in total. The molecular formula is C13H22N2. The second kappa shape index (κ2) is 5.15. The second-order valence-electron chi connectivity index (χ2n) is 4.44. The Morgan fingerprint density at radius 3 is 2.67 bits per heavy atom. The van der Waals surface area contributed by atoms with E-state index in [0.29, 0.717) is 5.71 Å². The van der Waals surface area contributed by atoms with Gasteiger partial charge in [0, 0.05) is 29.7 Å². The van der Waals surface area contributed by atoms with E-state index in [-0.39, 0.29) is 0 Å². The minimum absolute atomic E-state index is 0.662. The van der Waals surface area contributed by atoms with Gasteiger partial charge in [-0.1, -0.05) is 20.3 Å². The predicted octanol–water partition coefficient (Wildman–Crippen LogP) is 3.62. The van der Waals surface area contributed by atoms with Gasteiger partial charge >= 0.3 is 0 Å². The highest BCUT2D eigenvalue weighted by molar-refractivity contribution is 5.97. The number of aryl methyl sites for hydroxylation is 1. The number of nitrogens with one attached hydrogen (secondary N) is 1. The highest BCUT2D eigenvalue weighted by Crippen LogP contribution is 2.14. The topological polar surface area (TPSA) is 28.8 Å². The van der Waals surface area contributed by atoms with Crippen LogP contribution >= 0.6 is 0 Å². The molecule has 1 heterocycles. The molecule has 1 aromatic heterocycles. The zero-order chi connectivity index (χ0) is 11.4. The van der Waals surface area contributed by atoms with E-state index in [0.717, 1.165) is 18.0 Å². The fourth-order valence-corrected chi connectivity index (χ4v) is 1.75. The molecule has 0 amide bonds.